The molecule has 0 atom stereocenters. The van der Waals surface area contributed by atoms with Crippen molar-refractivity contribution in [2.75, 3.05) is 6.54 Å². The van der Waals surface area contributed by atoms with E-state index < -0.39 is 23.5 Å². The summed E-state index contributed by atoms with van der Waals surface area (Å²) in [5.74, 6) is -0.933. The molecular formula is C15H20ClN3O4. The van der Waals surface area contributed by atoms with Crippen LogP contribution in [0.1, 0.15) is 37.6 Å². The number of ether oxygens (including phenoxy) is 1. The molecule has 0 bridgehead atoms. The average Bonchev–Trinajstić information content (AvgIpc) is 2.42. The van der Waals surface area contributed by atoms with E-state index in [1.807, 2.05) is 0 Å². The van der Waals surface area contributed by atoms with Crippen LogP contribution in [-0.4, -0.2) is 30.1 Å². The van der Waals surface area contributed by atoms with Crippen LogP contribution in [0.3, 0.4) is 0 Å². The van der Waals surface area contributed by atoms with Crippen LogP contribution < -0.4 is 16.2 Å². The fourth-order valence-corrected chi connectivity index (χ4v) is 1.67. The Morgan fingerprint density at radius 3 is 2.48 bits per heavy atom. The lowest BCUT2D eigenvalue weighted by Crippen LogP contribution is -2.43. The van der Waals surface area contributed by atoms with Gasteiger partial charge in [0.15, 0.2) is 0 Å². The minimum absolute atomic E-state index is 0.00489. The number of rotatable bonds is 4. The highest BCUT2D eigenvalue weighted by atomic mass is 35.5. The van der Waals surface area contributed by atoms with E-state index in [4.69, 9.17) is 16.3 Å². The number of benzene rings is 1. The van der Waals surface area contributed by atoms with Crippen molar-refractivity contribution in [3.05, 3.63) is 34.9 Å². The zero-order valence-electron chi connectivity index (χ0n) is 13.2. The Bertz CT molecular complexity index is 584. The van der Waals surface area contributed by atoms with E-state index in [9.17, 15) is 14.4 Å². The van der Waals surface area contributed by atoms with Crippen molar-refractivity contribution < 1.29 is 19.1 Å². The van der Waals surface area contributed by atoms with E-state index in [-0.39, 0.29) is 13.0 Å². The summed E-state index contributed by atoms with van der Waals surface area (Å²) in [6, 6.07) is 6.31. The molecular weight excluding hydrogens is 322 g/mol. The molecule has 1 aromatic carbocycles. The van der Waals surface area contributed by atoms with E-state index in [1.165, 1.54) is 6.07 Å². The van der Waals surface area contributed by atoms with Crippen molar-refractivity contribution >= 4 is 29.5 Å². The Hall–Kier alpha value is -2.28. The molecule has 0 fully saturated rings. The summed E-state index contributed by atoms with van der Waals surface area (Å²) in [6.45, 7) is 5.31. The first-order chi connectivity index (χ1) is 10.7. The highest BCUT2D eigenvalue weighted by Gasteiger charge is 2.16. The van der Waals surface area contributed by atoms with Crippen LogP contribution in [0.25, 0.3) is 0 Å². The van der Waals surface area contributed by atoms with E-state index in [2.05, 4.69) is 16.2 Å². The maximum Gasteiger partial charge on any atom is 0.407 e. The van der Waals surface area contributed by atoms with Gasteiger partial charge in [0.05, 0.1) is 0 Å². The topological polar surface area (TPSA) is 96.5 Å². The minimum Gasteiger partial charge on any atom is -0.444 e. The third-order valence-corrected chi connectivity index (χ3v) is 2.66. The smallest absolute Gasteiger partial charge is 0.407 e. The molecule has 0 aromatic heterocycles. The molecule has 3 amide bonds. The quantitative estimate of drug-likeness (QED) is 0.730. The molecule has 0 saturated carbocycles. The monoisotopic (exact) mass is 341 g/mol. The van der Waals surface area contributed by atoms with Gasteiger partial charge in [-0.15, -0.1) is 0 Å². The van der Waals surface area contributed by atoms with Gasteiger partial charge in [0, 0.05) is 23.6 Å². The maximum atomic E-state index is 11.8. The molecule has 0 aliphatic rings. The van der Waals surface area contributed by atoms with Gasteiger partial charge in [-0.25, -0.2) is 4.79 Å². The molecule has 0 heterocycles. The Labute approximate surface area is 139 Å². The predicted molar refractivity (Wildman–Crippen MR) is 85.9 cm³/mol. The Morgan fingerprint density at radius 2 is 1.87 bits per heavy atom. The van der Waals surface area contributed by atoms with Crippen molar-refractivity contribution in [1.82, 2.24) is 16.2 Å². The standard InChI is InChI=1S/C15H20ClN3O4/c1-15(2,3)23-14(22)17-8-7-12(20)18-19-13(21)10-5-4-6-11(16)9-10/h4-6,9H,7-8H2,1-3H3,(H,17,22)(H,18,20)(H,19,21). The largest absolute Gasteiger partial charge is 0.444 e. The van der Waals surface area contributed by atoms with Gasteiger partial charge in [0.2, 0.25) is 5.91 Å². The number of hydrazine groups is 1. The number of alkyl carbamates (subject to hydrolysis) is 1. The lowest BCUT2D eigenvalue weighted by atomic mass is 10.2. The van der Waals surface area contributed by atoms with Crippen LogP contribution in [0.4, 0.5) is 4.79 Å². The molecule has 1 rings (SSSR count). The van der Waals surface area contributed by atoms with Gasteiger partial charge in [-0.3, -0.25) is 20.4 Å². The Kier molecular flexibility index (Phi) is 6.84. The van der Waals surface area contributed by atoms with Crippen molar-refractivity contribution in [3.8, 4) is 0 Å². The molecule has 3 N–H and O–H groups in total. The van der Waals surface area contributed by atoms with Crippen molar-refractivity contribution in [1.29, 1.82) is 0 Å². The molecule has 1 aromatic rings. The molecule has 23 heavy (non-hydrogen) atoms. The average molecular weight is 342 g/mol. The highest BCUT2D eigenvalue weighted by Crippen LogP contribution is 2.10. The highest BCUT2D eigenvalue weighted by molar-refractivity contribution is 6.30. The van der Waals surface area contributed by atoms with E-state index in [1.54, 1.807) is 39.0 Å². The van der Waals surface area contributed by atoms with Gasteiger partial charge in [0.1, 0.15) is 5.60 Å². The molecule has 0 spiro atoms. The normalized spacial score (nSPS) is 10.6. The lowest BCUT2D eigenvalue weighted by molar-refractivity contribution is -0.121. The zero-order valence-corrected chi connectivity index (χ0v) is 14.0. The van der Waals surface area contributed by atoms with Crippen molar-refractivity contribution in [3.63, 3.8) is 0 Å². The number of carbonyl (C=O) groups excluding carboxylic acids is 3. The molecule has 0 aliphatic carbocycles. The van der Waals surface area contributed by atoms with E-state index in [0.29, 0.717) is 10.6 Å². The fourth-order valence-electron chi connectivity index (χ4n) is 1.48. The summed E-state index contributed by atoms with van der Waals surface area (Å²) in [4.78, 5) is 34.7. The van der Waals surface area contributed by atoms with Crippen LogP contribution in [0.2, 0.25) is 5.02 Å². The molecule has 0 unspecified atom stereocenters. The number of carbonyl (C=O) groups is 3. The fraction of sp³-hybridized carbons (Fsp3) is 0.400. The number of amides is 3. The Balaban J connectivity index is 2.27. The summed E-state index contributed by atoms with van der Waals surface area (Å²) < 4.78 is 5.02. The summed E-state index contributed by atoms with van der Waals surface area (Å²) in [5, 5.41) is 2.87. The Morgan fingerprint density at radius 1 is 1.17 bits per heavy atom. The minimum atomic E-state index is -0.603. The molecule has 0 aliphatic heterocycles. The van der Waals surface area contributed by atoms with E-state index in [0.717, 1.165) is 0 Å². The molecule has 126 valence electrons. The number of nitrogens with one attached hydrogen (secondary N) is 3. The van der Waals surface area contributed by atoms with Gasteiger partial charge in [-0.2, -0.15) is 0 Å². The summed E-state index contributed by atoms with van der Waals surface area (Å²) >= 11 is 5.78. The number of hydrogen-bond donors (Lipinski definition) is 3. The van der Waals surface area contributed by atoms with Gasteiger partial charge in [-0.05, 0) is 39.0 Å². The van der Waals surface area contributed by atoms with Crippen molar-refractivity contribution in [2.24, 2.45) is 0 Å². The third kappa shape index (κ3) is 8.06. The number of halogens is 1. The molecule has 8 heteroatoms. The summed E-state index contributed by atoms with van der Waals surface area (Å²) in [5.41, 5.74) is 4.23. The second-order valence-electron chi connectivity index (χ2n) is 5.69. The summed E-state index contributed by atoms with van der Waals surface area (Å²) in [6.07, 6.45) is -0.608. The van der Waals surface area contributed by atoms with Crippen LogP contribution in [0, 0.1) is 0 Å². The second-order valence-corrected chi connectivity index (χ2v) is 6.13. The first-order valence-corrected chi connectivity index (χ1v) is 7.37. The SMILES string of the molecule is CC(C)(C)OC(=O)NCCC(=O)NNC(=O)c1cccc(Cl)c1. The second kappa shape index (κ2) is 8.38. The molecule has 0 radical (unpaired) electrons. The third-order valence-electron chi connectivity index (χ3n) is 2.42. The predicted octanol–water partition coefficient (Wildman–Crippen LogP) is 2.02. The van der Waals surface area contributed by atoms with Gasteiger partial charge in [-0.1, -0.05) is 17.7 Å². The maximum absolute atomic E-state index is 11.8. The van der Waals surface area contributed by atoms with Crippen LogP contribution in [0.15, 0.2) is 24.3 Å². The van der Waals surface area contributed by atoms with Crippen LogP contribution >= 0.6 is 11.6 Å². The first-order valence-electron chi connectivity index (χ1n) is 6.99. The van der Waals surface area contributed by atoms with Crippen LogP contribution in [0.5, 0.6) is 0 Å². The zero-order chi connectivity index (χ0) is 17.5. The first kappa shape index (κ1) is 18.8. The molecule has 0 saturated heterocycles. The lowest BCUT2D eigenvalue weighted by Gasteiger charge is -2.19. The van der Waals surface area contributed by atoms with E-state index >= 15 is 0 Å². The summed E-state index contributed by atoms with van der Waals surface area (Å²) in [7, 11) is 0. The van der Waals surface area contributed by atoms with Crippen LogP contribution in [-0.2, 0) is 9.53 Å². The van der Waals surface area contributed by atoms with Crippen molar-refractivity contribution in [2.45, 2.75) is 32.8 Å². The van der Waals surface area contributed by atoms with Gasteiger partial charge in [0.25, 0.3) is 5.91 Å². The van der Waals surface area contributed by atoms with Gasteiger partial charge >= 0.3 is 6.09 Å². The molecule has 7 nitrogen and oxygen atoms in total. The van der Waals surface area contributed by atoms with Gasteiger partial charge < -0.3 is 10.1 Å². The number of hydrogen-bond acceptors (Lipinski definition) is 4.